The van der Waals surface area contributed by atoms with Crippen molar-refractivity contribution in [3.8, 4) is 0 Å². The van der Waals surface area contributed by atoms with Crippen molar-refractivity contribution in [2.45, 2.75) is 46.1 Å². The highest BCUT2D eigenvalue weighted by atomic mass is 16.2. The average molecular weight is 281 g/mol. The van der Waals surface area contributed by atoms with Gasteiger partial charge in [-0.1, -0.05) is 20.8 Å². The van der Waals surface area contributed by atoms with E-state index in [0.717, 1.165) is 63.8 Å². The molecule has 1 amide bonds. The number of likely N-dealkylation sites (tertiary alicyclic amines) is 1. The number of carbonyl (C=O) groups is 1. The molecule has 0 radical (unpaired) electrons. The molecule has 2 saturated heterocycles. The molecule has 0 spiro atoms. The lowest BCUT2D eigenvalue weighted by molar-refractivity contribution is -0.132. The molecule has 0 saturated carbocycles. The van der Waals surface area contributed by atoms with Gasteiger partial charge < -0.3 is 10.2 Å². The van der Waals surface area contributed by atoms with Crippen LogP contribution in [-0.2, 0) is 4.79 Å². The second-order valence-electron chi connectivity index (χ2n) is 6.37. The molecule has 0 aromatic rings. The third-order valence-corrected chi connectivity index (χ3v) is 4.92. The zero-order valence-corrected chi connectivity index (χ0v) is 13.4. The van der Waals surface area contributed by atoms with Crippen LogP contribution in [0.25, 0.3) is 0 Å². The van der Waals surface area contributed by atoms with Crippen molar-refractivity contribution in [2.24, 2.45) is 11.8 Å². The molecule has 3 unspecified atom stereocenters. The van der Waals surface area contributed by atoms with Crippen molar-refractivity contribution in [3.63, 3.8) is 0 Å². The van der Waals surface area contributed by atoms with E-state index in [1.54, 1.807) is 0 Å². The van der Waals surface area contributed by atoms with Gasteiger partial charge in [0.05, 0.1) is 6.54 Å². The monoisotopic (exact) mass is 281 g/mol. The standard InChI is InChI=1S/C16H31N3O/c1-4-7-18(8-5-2)16(20)12-19-11-13-9-17-10-14(13)15(19)6-3/h13-15,17H,4-12H2,1-3H3. The quantitative estimate of drug-likeness (QED) is 0.769. The van der Waals surface area contributed by atoms with Crippen LogP contribution in [0.4, 0.5) is 0 Å². The first-order valence-electron chi connectivity index (χ1n) is 8.43. The number of carbonyl (C=O) groups excluding carboxylic acids is 1. The minimum atomic E-state index is 0.333. The lowest BCUT2D eigenvalue weighted by Crippen LogP contribution is -2.44. The van der Waals surface area contributed by atoms with Crippen LogP contribution in [0.2, 0.25) is 0 Å². The summed E-state index contributed by atoms with van der Waals surface area (Å²) in [6, 6.07) is 0.601. The van der Waals surface area contributed by atoms with Crippen molar-refractivity contribution in [1.82, 2.24) is 15.1 Å². The van der Waals surface area contributed by atoms with E-state index >= 15 is 0 Å². The van der Waals surface area contributed by atoms with Crippen molar-refractivity contribution < 1.29 is 4.79 Å². The number of hydrogen-bond donors (Lipinski definition) is 1. The van der Waals surface area contributed by atoms with Crippen LogP contribution in [0.5, 0.6) is 0 Å². The van der Waals surface area contributed by atoms with Crippen LogP contribution < -0.4 is 5.32 Å². The number of nitrogens with one attached hydrogen (secondary N) is 1. The first kappa shape index (κ1) is 15.8. The summed E-state index contributed by atoms with van der Waals surface area (Å²) in [6.07, 6.45) is 3.27. The van der Waals surface area contributed by atoms with E-state index < -0.39 is 0 Å². The molecule has 20 heavy (non-hydrogen) atoms. The van der Waals surface area contributed by atoms with Crippen LogP contribution in [0.3, 0.4) is 0 Å². The van der Waals surface area contributed by atoms with Gasteiger partial charge in [-0.2, -0.15) is 0 Å². The molecule has 1 N–H and O–H groups in total. The second-order valence-corrected chi connectivity index (χ2v) is 6.37. The first-order chi connectivity index (χ1) is 9.71. The van der Waals surface area contributed by atoms with E-state index in [2.05, 4.69) is 35.9 Å². The van der Waals surface area contributed by atoms with Crippen molar-refractivity contribution >= 4 is 5.91 Å². The molecule has 116 valence electrons. The van der Waals surface area contributed by atoms with Crippen LogP contribution in [0, 0.1) is 11.8 Å². The maximum absolute atomic E-state index is 12.5. The predicted octanol–water partition coefficient (Wildman–Crippen LogP) is 1.56. The molecule has 4 nitrogen and oxygen atoms in total. The second kappa shape index (κ2) is 7.41. The minimum Gasteiger partial charge on any atom is -0.342 e. The molecule has 0 bridgehead atoms. The Bertz CT molecular complexity index is 315. The molecule has 4 heteroatoms. The summed E-state index contributed by atoms with van der Waals surface area (Å²) in [5, 5.41) is 3.50. The summed E-state index contributed by atoms with van der Waals surface area (Å²) in [6.45, 7) is 12.4. The summed E-state index contributed by atoms with van der Waals surface area (Å²) in [5.74, 6) is 1.86. The normalized spacial score (nSPS) is 29.6. The highest BCUT2D eigenvalue weighted by Crippen LogP contribution is 2.33. The molecule has 0 aromatic carbocycles. The lowest BCUT2D eigenvalue weighted by Gasteiger charge is -2.29. The maximum Gasteiger partial charge on any atom is 0.236 e. The third kappa shape index (κ3) is 3.34. The minimum absolute atomic E-state index is 0.333. The number of fused-ring (bicyclic) bond motifs is 1. The van der Waals surface area contributed by atoms with Gasteiger partial charge in [-0.25, -0.2) is 0 Å². The van der Waals surface area contributed by atoms with Crippen LogP contribution >= 0.6 is 0 Å². The topological polar surface area (TPSA) is 35.6 Å². The fraction of sp³-hybridized carbons (Fsp3) is 0.938. The lowest BCUT2D eigenvalue weighted by atomic mass is 9.93. The molecular formula is C16H31N3O. The fourth-order valence-electron chi connectivity index (χ4n) is 4.03. The largest absolute Gasteiger partial charge is 0.342 e. The Labute approximate surface area is 123 Å². The van der Waals surface area contributed by atoms with Gasteiger partial charge >= 0.3 is 0 Å². The van der Waals surface area contributed by atoms with Crippen molar-refractivity contribution in [1.29, 1.82) is 0 Å². The average Bonchev–Trinajstić information content (AvgIpc) is 2.98. The predicted molar refractivity (Wildman–Crippen MR) is 82.7 cm³/mol. The van der Waals surface area contributed by atoms with Gasteiger partial charge in [0.25, 0.3) is 0 Å². The number of nitrogens with zero attached hydrogens (tertiary/aromatic N) is 2. The van der Waals surface area contributed by atoms with E-state index in [1.165, 1.54) is 0 Å². The van der Waals surface area contributed by atoms with Gasteiger partial charge in [-0.15, -0.1) is 0 Å². The first-order valence-corrected chi connectivity index (χ1v) is 8.43. The Morgan fingerprint density at radius 2 is 1.90 bits per heavy atom. The molecular weight excluding hydrogens is 250 g/mol. The van der Waals surface area contributed by atoms with Crippen LogP contribution in [0.15, 0.2) is 0 Å². The fourth-order valence-corrected chi connectivity index (χ4v) is 4.03. The highest BCUT2D eigenvalue weighted by molar-refractivity contribution is 5.78. The van der Waals surface area contributed by atoms with E-state index in [-0.39, 0.29) is 0 Å². The Morgan fingerprint density at radius 3 is 2.50 bits per heavy atom. The molecule has 2 rings (SSSR count). The number of amides is 1. The summed E-state index contributed by atoms with van der Waals surface area (Å²) in [5.41, 5.74) is 0. The molecule has 3 atom stereocenters. The summed E-state index contributed by atoms with van der Waals surface area (Å²) in [4.78, 5) is 17.0. The van der Waals surface area contributed by atoms with Gasteiger partial charge in [0, 0.05) is 25.7 Å². The van der Waals surface area contributed by atoms with Crippen molar-refractivity contribution in [2.75, 3.05) is 39.3 Å². The highest BCUT2D eigenvalue weighted by Gasteiger charge is 2.43. The van der Waals surface area contributed by atoms with Gasteiger partial charge in [-0.05, 0) is 44.2 Å². The summed E-state index contributed by atoms with van der Waals surface area (Å²) in [7, 11) is 0. The van der Waals surface area contributed by atoms with Gasteiger partial charge in [0.15, 0.2) is 0 Å². The Hall–Kier alpha value is -0.610. The molecule has 2 fully saturated rings. The van der Waals surface area contributed by atoms with E-state index in [4.69, 9.17) is 0 Å². The Balaban J connectivity index is 1.92. The number of hydrogen-bond acceptors (Lipinski definition) is 3. The third-order valence-electron chi connectivity index (χ3n) is 4.92. The van der Waals surface area contributed by atoms with Gasteiger partial charge in [0.2, 0.25) is 5.91 Å². The summed E-state index contributed by atoms with van der Waals surface area (Å²) < 4.78 is 0. The molecule has 0 aromatic heterocycles. The molecule has 2 aliphatic heterocycles. The zero-order chi connectivity index (χ0) is 14.5. The van der Waals surface area contributed by atoms with E-state index in [9.17, 15) is 4.79 Å². The SMILES string of the molecule is CCCN(CCC)C(=O)CN1CC2CNCC2C1CC. The number of rotatable bonds is 7. The van der Waals surface area contributed by atoms with Crippen molar-refractivity contribution in [3.05, 3.63) is 0 Å². The van der Waals surface area contributed by atoms with E-state index in [0.29, 0.717) is 18.5 Å². The van der Waals surface area contributed by atoms with Crippen LogP contribution in [-0.4, -0.2) is 61.0 Å². The molecule has 2 heterocycles. The Morgan fingerprint density at radius 1 is 1.20 bits per heavy atom. The summed E-state index contributed by atoms with van der Waals surface area (Å²) >= 11 is 0. The smallest absolute Gasteiger partial charge is 0.236 e. The Kier molecular flexibility index (Phi) is 5.85. The molecule has 2 aliphatic rings. The maximum atomic E-state index is 12.5. The molecule has 0 aliphatic carbocycles. The van der Waals surface area contributed by atoms with Gasteiger partial charge in [-0.3, -0.25) is 9.69 Å². The zero-order valence-electron chi connectivity index (χ0n) is 13.4. The van der Waals surface area contributed by atoms with Crippen LogP contribution in [0.1, 0.15) is 40.0 Å². The van der Waals surface area contributed by atoms with Gasteiger partial charge in [0.1, 0.15) is 0 Å². The van der Waals surface area contributed by atoms with E-state index in [1.807, 2.05) is 0 Å².